The number of carbonyl (C=O) groups excluding carboxylic acids is 2. The summed E-state index contributed by atoms with van der Waals surface area (Å²) < 4.78 is 10.0. The minimum atomic E-state index is -1.29. The zero-order valence-corrected chi connectivity index (χ0v) is 19.5. The SMILES string of the molecule is C=C(C)C(=O)OC(OC(=O)CCCCCCC/C=C\CCCCCCCC)C(C)O. The van der Waals surface area contributed by atoms with E-state index in [2.05, 4.69) is 25.7 Å². The summed E-state index contributed by atoms with van der Waals surface area (Å²) in [5.74, 6) is -1.15. The fourth-order valence-electron chi connectivity index (χ4n) is 2.96. The molecule has 0 rings (SSSR count). The second-order valence-electron chi connectivity index (χ2n) is 8.12. The van der Waals surface area contributed by atoms with Crippen LogP contribution in [0.3, 0.4) is 0 Å². The third-order valence-electron chi connectivity index (χ3n) is 4.86. The van der Waals surface area contributed by atoms with E-state index in [9.17, 15) is 14.7 Å². The smallest absolute Gasteiger partial charge is 0.336 e. The molecule has 0 radical (unpaired) electrons. The van der Waals surface area contributed by atoms with E-state index in [0.717, 1.165) is 32.1 Å². The number of esters is 2. The Morgan fingerprint density at radius 2 is 1.37 bits per heavy atom. The number of hydrogen-bond donors (Lipinski definition) is 1. The monoisotopic (exact) mass is 424 g/mol. The summed E-state index contributed by atoms with van der Waals surface area (Å²) in [6, 6.07) is 0. The highest BCUT2D eigenvalue weighted by molar-refractivity contribution is 5.87. The fourth-order valence-corrected chi connectivity index (χ4v) is 2.96. The molecule has 0 bridgehead atoms. The van der Waals surface area contributed by atoms with Gasteiger partial charge in [0.25, 0.3) is 6.29 Å². The van der Waals surface area contributed by atoms with Gasteiger partial charge in [0.05, 0.1) is 0 Å². The predicted octanol–water partition coefficient (Wildman–Crippen LogP) is 6.39. The zero-order valence-electron chi connectivity index (χ0n) is 19.5. The molecule has 0 spiro atoms. The van der Waals surface area contributed by atoms with Gasteiger partial charge in [-0.2, -0.15) is 0 Å². The maximum atomic E-state index is 11.9. The topological polar surface area (TPSA) is 72.8 Å². The largest absolute Gasteiger partial charge is 0.422 e. The van der Waals surface area contributed by atoms with Crippen molar-refractivity contribution in [2.75, 3.05) is 0 Å². The molecule has 2 atom stereocenters. The molecular weight excluding hydrogens is 380 g/mol. The minimum absolute atomic E-state index is 0.189. The lowest BCUT2D eigenvalue weighted by Gasteiger charge is -2.20. The second-order valence-corrected chi connectivity index (χ2v) is 8.12. The zero-order chi connectivity index (χ0) is 22.6. The van der Waals surface area contributed by atoms with Crippen LogP contribution in [0, 0.1) is 0 Å². The maximum Gasteiger partial charge on any atom is 0.336 e. The lowest BCUT2D eigenvalue weighted by atomic mass is 10.1. The van der Waals surface area contributed by atoms with E-state index in [1.807, 2.05) is 0 Å². The number of rotatable bonds is 19. The Balaban J connectivity index is 3.64. The summed E-state index contributed by atoms with van der Waals surface area (Å²) in [6.45, 7) is 8.62. The number of hydrogen-bond acceptors (Lipinski definition) is 5. The van der Waals surface area contributed by atoms with E-state index in [4.69, 9.17) is 9.47 Å². The molecule has 0 aliphatic heterocycles. The molecule has 0 aromatic heterocycles. The summed E-state index contributed by atoms with van der Waals surface area (Å²) >= 11 is 0. The second kappa shape index (κ2) is 19.3. The molecule has 30 heavy (non-hydrogen) atoms. The van der Waals surface area contributed by atoms with Crippen molar-refractivity contribution < 1.29 is 24.2 Å². The lowest BCUT2D eigenvalue weighted by molar-refractivity contribution is -0.202. The molecule has 0 aliphatic rings. The summed E-state index contributed by atoms with van der Waals surface area (Å²) in [6.07, 6.45) is 18.0. The number of allylic oxidation sites excluding steroid dienone is 2. The van der Waals surface area contributed by atoms with Gasteiger partial charge in [0.1, 0.15) is 6.10 Å². The van der Waals surface area contributed by atoms with Gasteiger partial charge in [0, 0.05) is 12.0 Å². The van der Waals surface area contributed by atoms with Crippen molar-refractivity contribution in [2.24, 2.45) is 0 Å². The van der Waals surface area contributed by atoms with Gasteiger partial charge in [-0.05, 0) is 46.0 Å². The highest BCUT2D eigenvalue weighted by atomic mass is 16.7. The number of unbranched alkanes of at least 4 members (excludes halogenated alkanes) is 11. The Hall–Kier alpha value is -1.62. The molecule has 0 fully saturated rings. The Morgan fingerprint density at radius 3 is 1.87 bits per heavy atom. The van der Waals surface area contributed by atoms with Crippen molar-refractivity contribution >= 4 is 11.9 Å². The molecule has 2 unspecified atom stereocenters. The lowest BCUT2D eigenvalue weighted by Crippen LogP contribution is -2.34. The third-order valence-corrected chi connectivity index (χ3v) is 4.86. The van der Waals surface area contributed by atoms with Gasteiger partial charge in [-0.1, -0.05) is 77.0 Å². The van der Waals surface area contributed by atoms with Crippen LogP contribution in [0.2, 0.25) is 0 Å². The number of carbonyl (C=O) groups is 2. The molecular formula is C25H44O5. The molecule has 0 saturated heterocycles. The van der Waals surface area contributed by atoms with Crippen LogP contribution < -0.4 is 0 Å². The molecule has 174 valence electrons. The van der Waals surface area contributed by atoms with Crippen LogP contribution >= 0.6 is 0 Å². The number of aliphatic hydroxyl groups excluding tert-OH is 1. The summed E-state index contributed by atoms with van der Waals surface area (Å²) in [5.41, 5.74) is 0.189. The van der Waals surface area contributed by atoms with Crippen LogP contribution in [-0.4, -0.2) is 29.4 Å². The highest BCUT2D eigenvalue weighted by Gasteiger charge is 2.24. The van der Waals surface area contributed by atoms with E-state index in [-0.39, 0.29) is 12.0 Å². The molecule has 5 nitrogen and oxygen atoms in total. The van der Waals surface area contributed by atoms with Crippen LogP contribution in [0.25, 0.3) is 0 Å². The number of ether oxygens (including phenoxy) is 2. The highest BCUT2D eigenvalue weighted by Crippen LogP contribution is 2.12. The van der Waals surface area contributed by atoms with E-state index >= 15 is 0 Å². The fraction of sp³-hybridized carbons (Fsp3) is 0.760. The maximum absolute atomic E-state index is 11.9. The summed E-state index contributed by atoms with van der Waals surface area (Å²) in [4.78, 5) is 23.4. The number of aliphatic hydroxyl groups is 1. The minimum Gasteiger partial charge on any atom is -0.422 e. The van der Waals surface area contributed by atoms with Crippen LogP contribution in [-0.2, 0) is 19.1 Å². The van der Waals surface area contributed by atoms with Crippen LogP contribution in [0.5, 0.6) is 0 Å². The van der Waals surface area contributed by atoms with E-state index < -0.39 is 24.3 Å². The Labute approximate surface area is 183 Å². The van der Waals surface area contributed by atoms with E-state index in [1.54, 1.807) is 0 Å². The van der Waals surface area contributed by atoms with E-state index in [1.165, 1.54) is 65.2 Å². The molecule has 0 aromatic carbocycles. The van der Waals surface area contributed by atoms with Crippen molar-refractivity contribution in [3.8, 4) is 0 Å². The summed E-state index contributed by atoms with van der Waals surface area (Å²) in [7, 11) is 0. The molecule has 1 N–H and O–H groups in total. The van der Waals surface area contributed by atoms with Crippen molar-refractivity contribution in [1.82, 2.24) is 0 Å². The first-order valence-electron chi connectivity index (χ1n) is 11.8. The van der Waals surface area contributed by atoms with Crippen LogP contribution in [0.1, 0.15) is 111 Å². The first-order valence-corrected chi connectivity index (χ1v) is 11.8. The van der Waals surface area contributed by atoms with Gasteiger partial charge in [-0.15, -0.1) is 0 Å². The first-order chi connectivity index (χ1) is 14.4. The molecule has 0 saturated carbocycles. The van der Waals surface area contributed by atoms with Crippen molar-refractivity contribution in [3.63, 3.8) is 0 Å². The normalized spacial score (nSPS) is 13.2. The van der Waals surface area contributed by atoms with E-state index in [0.29, 0.717) is 0 Å². The van der Waals surface area contributed by atoms with Crippen molar-refractivity contribution in [2.45, 2.75) is 123 Å². The average Bonchev–Trinajstić information content (AvgIpc) is 2.70. The van der Waals surface area contributed by atoms with Crippen molar-refractivity contribution in [1.29, 1.82) is 0 Å². The molecule has 0 heterocycles. The first kappa shape index (κ1) is 28.4. The van der Waals surface area contributed by atoms with Crippen LogP contribution in [0.4, 0.5) is 0 Å². The summed E-state index contributed by atoms with van der Waals surface area (Å²) in [5, 5.41) is 9.61. The predicted molar refractivity (Wildman–Crippen MR) is 122 cm³/mol. The quantitative estimate of drug-likeness (QED) is 0.0854. The Kier molecular flexibility index (Phi) is 18.3. The Morgan fingerprint density at radius 1 is 0.867 bits per heavy atom. The molecule has 0 aliphatic carbocycles. The van der Waals surface area contributed by atoms with Gasteiger partial charge in [-0.3, -0.25) is 4.79 Å². The van der Waals surface area contributed by atoms with Gasteiger partial charge < -0.3 is 14.6 Å². The van der Waals surface area contributed by atoms with Crippen molar-refractivity contribution in [3.05, 3.63) is 24.3 Å². The standard InChI is InChI=1S/C25H44O5/c1-5-6-7-8-9-10-11-12-13-14-15-16-17-18-19-20-23(27)29-25(22(4)26)30-24(28)21(2)3/h12-13,22,25-26H,2,5-11,14-20H2,1,3-4H3/b13-12-. The Bertz CT molecular complexity index is 496. The third kappa shape index (κ3) is 17.3. The van der Waals surface area contributed by atoms with Gasteiger partial charge in [0.15, 0.2) is 0 Å². The van der Waals surface area contributed by atoms with Crippen LogP contribution in [0.15, 0.2) is 24.3 Å². The van der Waals surface area contributed by atoms with Gasteiger partial charge >= 0.3 is 11.9 Å². The molecule has 0 amide bonds. The molecule has 0 aromatic rings. The van der Waals surface area contributed by atoms with Gasteiger partial charge in [0.2, 0.25) is 0 Å². The van der Waals surface area contributed by atoms with Gasteiger partial charge in [-0.25, -0.2) is 4.79 Å². The average molecular weight is 425 g/mol. The molecule has 5 heteroatoms.